The zero-order chi connectivity index (χ0) is 17.1. The predicted octanol–water partition coefficient (Wildman–Crippen LogP) is 4.91. The predicted molar refractivity (Wildman–Crippen MR) is 104 cm³/mol. The van der Waals surface area contributed by atoms with E-state index in [1.807, 2.05) is 26.8 Å². The Labute approximate surface area is 152 Å². The molecule has 1 atom stereocenters. The van der Waals surface area contributed by atoms with Gasteiger partial charge >= 0.3 is 6.01 Å². The molecule has 0 aromatic carbocycles. The second-order valence-corrected chi connectivity index (χ2v) is 14.9. The minimum Gasteiger partial charge on any atom is -0.478 e. The molecule has 23 heavy (non-hydrogen) atoms. The monoisotopic (exact) mass is 396 g/mol. The summed E-state index contributed by atoms with van der Waals surface area (Å²) in [6, 6.07) is 2.19. The summed E-state index contributed by atoms with van der Waals surface area (Å²) in [6.07, 6.45) is 1.09. The Morgan fingerprint density at radius 3 is 2.39 bits per heavy atom. The first-order chi connectivity index (χ1) is 11.1. The number of hydrogen-bond acceptors (Lipinski definition) is 8. The molecule has 0 bridgehead atoms. The molecule has 0 amide bonds. The smallest absolute Gasteiger partial charge is 0.319 e. The summed E-state index contributed by atoms with van der Waals surface area (Å²) in [5.41, 5.74) is 0.850. The normalized spacial score (nSPS) is 13.6. The van der Waals surface area contributed by atoms with Crippen molar-refractivity contribution in [3.8, 4) is 11.9 Å². The maximum absolute atomic E-state index is 5.85. The molecule has 0 fully saturated rings. The first kappa shape index (κ1) is 21.0. The van der Waals surface area contributed by atoms with Gasteiger partial charge in [-0.3, -0.25) is 0 Å². The second kappa shape index (κ2) is 11.5. The van der Waals surface area contributed by atoms with Crippen molar-refractivity contribution < 1.29 is 14.0 Å². The van der Waals surface area contributed by atoms with Crippen molar-refractivity contribution in [1.82, 2.24) is 9.97 Å². The Morgan fingerprint density at radius 1 is 1.04 bits per heavy atom. The van der Waals surface area contributed by atoms with Crippen LogP contribution in [0.1, 0.15) is 39.8 Å². The van der Waals surface area contributed by atoms with Crippen LogP contribution in [0.5, 0.6) is 11.9 Å². The Bertz CT molecular complexity index is 496. The van der Waals surface area contributed by atoms with E-state index in [4.69, 9.17) is 25.8 Å². The van der Waals surface area contributed by atoms with Gasteiger partial charge in [-0.2, -0.15) is 9.97 Å². The van der Waals surface area contributed by atoms with Crippen LogP contribution in [0.3, 0.4) is 0 Å². The average molecular weight is 397 g/mol. The van der Waals surface area contributed by atoms with Crippen LogP contribution in [0.2, 0.25) is 0 Å². The van der Waals surface area contributed by atoms with Crippen LogP contribution < -0.4 is 9.47 Å². The van der Waals surface area contributed by atoms with Gasteiger partial charge in [0.15, 0.2) is 4.67 Å². The molecule has 0 aliphatic rings. The Kier molecular flexibility index (Phi) is 10.5. The van der Waals surface area contributed by atoms with Crippen LogP contribution in [-0.4, -0.2) is 35.5 Å². The Hall–Kier alpha value is -0.01000. The van der Waals surface area contributed by atoms with Crippen LogP contribution in [0.4, 0.5) is 0 Å². The van der Waals surface area contributed by atoms with Crippen LogP contribution in [0.25, 0.3) is 0 Å². The van der Waals surface area contributed by atoms with Crippen molar-refractivity contribution in [2.75, 3.05) is 25.6 Å². The van der Waals surface area contributed by atoms with E-state index in [1.54, 1.807) is 22.8 Å². The van der Waals surface area contributed by atoms with E-state index in [2.05, 4.69) is 16.9 Å². The van der Waals surface area contributed by atoms with Gasteiger partial charge in [0.2, 0.25) is 5.88 Å². The lowest BCUT2D eigenvalue weighted by Crippen LogP contribution is -2.03. The topological polar surface area (TPSA) is 53.5 Å². The third-order valence-corrected chi connectivity index (χ3v) is 12.2. The summed E-state index contributed by atoms with van der Waals surface area (Å²) in [7, 11) is 0. The maximum Gasteiger partial charge on any atom is 0.319 e. The Morgan fingerprint density at radius 2 is 1.78 bits per heavy atom. The van der Waals surface area contributed by atoms with Crippen LogP contribution in [-0.2, 0) is 22.1 Å². The average Bonchev–Trinajstić information content (AvgIpc) is 2.52. The molecule has 0 unspecified atom stereocenters. The summed E-state index contributed by atoms with van der Waals surface area (Å²) in [6.45, 7) is 9.67. The summed E-state index contributed by atoms with van der Waals surface area (Å²) in [4.78, 5) is 8.65. The molecule has 1 aromatic rings. The molecule has 1 heterocycles. The maximum atomic E-state index is 5.85. The third-order valence-electron chi connectivity index (χ3n) is 2.41. The highest BCUT2D eigenvalue weighted by atomic mass is 33.2. The number of ether oxygens (including phenoxy) is 2. The van der Waals surface area contributed by atoms with Crippen molar-refractivity contribution in [3.05, 3.63) is 11.8 Å². The fraction of sp³-hybridized carbons (Fsp3) is 0.714. The molecule has 132 valence electrons. The van der Waals surface area contributed by atoms with Gasteiger partial charge in [0, 0.05) is 17.6 Å². The molecule has 0 aliphatic heterocycles. The molecule has 0 radical (unpaired) electrons. The highest BCUT2D eigenvalue weighted by molar-refractivity contribution is 8.99. The van der Waals surface area contributed by atoms with Crippen molar-refractivity contribution in [2.45, 2.75) is 39.9 Å². The zero-order valence-electron chi connectivity index (χ0n) is 14.1. The molecule has 0 aliphatic carbocycles. The lowest BCUT2D eigenvalue weighted by molar-refractivity contribution is 0.288. The SMILES string of the molecule is CCCS[P@@](=S)(OCC)SCc1cc(OCC)nc(OCC)n1. The summed E-state index contributed by atoms with van der Waals surface area (Å²) < 4.78 is 14.8. The summed E-state index contributed by atoms with van der Waals surface area (Å²) in [5.74, 6) is 2.21. The molecule has 0 N–H and O–H groups in total. The summed E-state index contributed by atoms with van der Waals surface area (Å²) in [5, 5.41) is 0. The lowest BCUT2D eigenvalue weighted by Gasteiger charge is -2.19. The van der Waals surface area contributed by atoms with E-state index in [0.717, 1.165) is 17.9 Å². The van der Waals surface area contributed by atoms with E-state index in [0.29, 0.717) is 37.5 Å². The standard InChI is InChI=1S/C14H25N2O3PS3/c1-5-9-22-20(21,19-8-4)23-11-12-10-13(17-6-2)16-14(15-12)18-7-3/h10H,5-9,11H2,1-4H3/t20-/m0/s1. The molecule has 0 spiro atoms. The van der Waals surface area contributed by atoms with Gasteiger partial charge in [0.05, 0.1) is 25.5 Å². The second-order valence-electron chi connectivity index (χ2n) is 4.32. The summed E-state index contributed by atoms with van der Waals surface area (Å²) >= 11 is 9.16. The lowest BCUT2D eigenvalue weighted by atomic mass is 10.4. The minimum absolute atomic E-state index is 0.347. The minimum atomic E-state index is -1.94. The van der Waals surface area contributed by atoms with Gasteiger partial charge in [-0.05, 0) is 39.0 Å². The zero-order valence-corrected chi connectivity index (χ0v) is 17.5. The highest BCUT2D eigenvalue weighted by Crippen LogP contribution is 2.70. The third kappa shape index (κ3) is 8.07. The van der Waals surface area contributed by atoms with Crippen LogP contribution in [0.15, 0.2) is 6.07 Å². The van der Waals surface area contributed by atoms with Gasteiger partial charge < -0.3 is 14.0 Å². The quantitative estimate of drug-likeness (QED) is 0.462. The molecular weight excluding hydrogens is 371 g/mol. The number of rotatable bonds is 12. The van der Waals surface area contributed by atoms with Gasteiger partial charge in [-0.25, -0.2) is 0 Å². The van der Waals surface area contributed by atoms with Gasteiger partial charge in [0.25, 0.3) is 0 Å². The molecule has 5 nitrogen and oxygen atoms in total. The first-order valence-electron chi connectivity index (χ1n) is 7.74. The van der Waals surface area contributed by atoms with E-state index in [9.17, 15) is 0 Å². The molecule has 0 saturated carbocycles. The van der Waals surface area contributed by atoms with Crippen LogP contribution in [0, 0.1) is 0 Å². The number of aromatic nitrogens is 2. The fourth-order valence-electron chi connectivity index (χ4n) is 1.56. The molecular formula is C14H25N2O3PS3. The Balaban J connectivity index is 2.82. The van der Waals surface area contributed by atoms with E-state index < -0.39 is 4.67 Å². The van der Waals surface area contributed by atoms with Crippen LogP contribution >= 0.6 is 27.4 Å². The molecule has 9 heteroatoms. The fourth-order valence-corrected chi connectivity index (χ4v) is 9.61. The first-order valence-corrected chi connectivity index (χ1v) is 13.6. The van der Waals surface area contributed by atoms with Crippen molar-refractivity contribution in [2.24, 2.45) is 0 Å². The van der Waals surface area contributed by atoms with Gasteiger partial charge in [0.1, 0.15) is 0 Å². The highest BCUT2D eigenvalue weighted by Gasteiger charge is 2.19. The molecule has 1 rings (SSSR count). The van der Waals surface area contributed by atoms with E-state index in [1.165, 1.54) is 0 Å². The largest absolute Gasteiger partial charge is 0.478 e. The number of hydrogen-bond donors (Lipinski definition) is 0. The van der Waals surface area contributed by atoms with Crippen molar-refractivity contribution in [3.63, 3.8) is 0 Å². The molecule has 1 aromatic heterocycles. The van der Waals surface area contributed by atoms with Crippen molar-refractivity contribution in [1.29, 1.82) is 0 Å². The van der Waals surface area contributed by atoms with Gasteiger partial charge in [-0.1, -0.05) is 29.7 Å². The number of nitrogens with zero attached hydrogens (tertiary/aromatic N) is 2. The van der Waals surface area contributed by atoms with Crippen molar-refractivity contribution >= 4 is 39.2 Å². The molecule has 0 saturated heterocycles. The van der Waals surface area contributed by atoms with E-state index >= 15 is 0 Å². The van der Waals surface area contributed by atoms with Gasteiger partial charge in [-0.15, -0.1) is 0 Å². The van der Waals surface area contributed by atoms with E-state index in [-0.39, 0.29) is 0 Å².